The minimum atomic E-state index is -0.844. The van der Waals surface area contributed by atoms with E-state index in [1.54, 1.807) is 0 Å². The number of hydrogen-bond acceptors (Lipinski definition) is 2. The van der Waals surface area contributed by atoms with Crippen molar-refractivity contribution in [1.82, 2.24) is 0 Å². The van der Waals surface area contributed by atoms with Crippen molar-refractivity contribution in [1.29, 1.82) is 0 Å². The number of carboxylic acids is 1. The summed E-state index contributed by atoms with van der Waals surface area (Å²) in [4.78, 5) is 10.5. The molecular weight excluding hydrogens is 180 g/mol. The van der Waals surface area contributed by atoms with Crippen LogP contribution in [-0.2, 0) is 16.0 Å². The molecule has 1 unspecified atom stereocenters. The van der Waals surface area contributed by atoms with Crippen LogP contribution in [-0.4, -0.2) is 23.3 Å². The van der Waals surface area contributed by atoms with Gasteiger partial charge in [0.2, 0.25) is 0 Å². The Balaban J connectivity index is 1.77. The van der Waals surface area contributed by atoms with Crippen molar-refractivity contribution in [3.63, 3.8) is 0 Å². The molecule has 1 aromatic carbocycles. The standard InChI is InChI=1S/C11H12O3/c12-11(13)10-9(14-10)7-6-8-4-2-1-3-5-8/h1-5,9-10H,6-7H2,(H,12,13)/t9?,10-/m0/s1. The molecule has 74 valence electrons. The van der Waals surface area contributed by atoms with Crippen molar-refractivity contribution in [2.24, 2.45) is 0 Å². The molecule has 0 saturated carbocycles. The molecule has 3 nitrogen and oxygen atoms in total. The average Bonchev–Trinajstić information content (AvgIpc) is 2.96. The SMILES string of the molecule is O=C(O)[C@H]1OC1CCc1ccccc1. The van der Waals surface area contributed by atoms with Gasteiger partial charge in [-0.3, -0.25) is 0 Å². The molecule has 0 spiro atoms. The quantitative estimate of drug-likeness (QED) is 0.735. The molecule has 1 N–H and O–H groups in total. The number of benzene rings is 1. The zero-order chi connectivity index (χ0) is 9.97. The van der Waals surface area contributed by atoms with E-state index in [1.165, 1.54) is 5.56 Å². The topological polar surface area (TPSA) is 49.8 Å². The summed E-state index contributed by atoms with van der Waals surface area (Å²) in [6.07, 6.45) is 1.04. The van der Waals surface area contributed by atoms with Crippen LogP contribution in [0, 0.1) is 0 Å². The zero-order valence-electron chi connectivity index (χ0n) is 7.72. The number of rotatable bonds is 4. The third-order valence-electron chi connectivity index (χ3n) is 2.39. The smallest absolute Gasteiger partial charge is 0.335 e. The first-order valence-corrected chi connectivity index (χ1v) is 4.69. The molecule has 0 bridgehead atoms. The second kappa shape index (κ2) is 3.80. The van der Waals surface area contributed by atoms with E-state index >= 15 is 0 Å². The lowest BCUT2D eigenvalue weighted by Gasteiger charge is -1.97. The van der Waals surface area contributed by atoms with E-state index < -0.39 is 12.1 Å². The van der Waals surface area contributed by atoms with Crippen molar-refractivity contribution >= 4 is 5.97 Å². The van der Waals surface area contributed by atoms with Gasteiger partial charge in [-0.05, 0) is 18.4 Å². The Labute approximate surface area is 82.3 Å². The minimum absolute atomic E-state index is 0.0762. The van der Waals surface area contributed by atoms with Crippen molar-refractivity contribution in [3.8, 4) is 0 Å². The fraction of sp³-hybridized carbons (Fsp3) is 0.364. The molecule has 1 heterocycles. The molecular formula is C11H12O3. The Morgan fingerprint density at radius 1 is 1.36 bits per heavy atom. The van der Waals surface area contributed by atoms with Crippen LogP contribution in [0.15, 0.2) is 30.3 Å². The molecule has 0 amide bonds. The molecule has 3 heteroatoms. The summed E-state index contributed by atoms with van der Waals surface area (Å²) < 4.78 is 5.00. The van der Waals surface area contributed by atoms with Gasteiger partial charge in [0, 0.05) is 0 Å². The lowest BCUT2D eigenvalue weighted by molar-refractivity contribution is -0.138. The maximum Gasteiger partial charge on any atom is 0.335 e. The fourth-order valence-electron chi connectivity index (χ4n) is 1.53. The first-order chi connectivity index (χ1) is 6.77. The Morgan fingerprint density at radius 3 is 2.64 bits per heavy atom. The molecule has 14 heavy (non-hydrogen) atoms. The van der Waals surface area contributed by atoms with E-state index in [9.17, 15) is 4.79 Å². The van der Waals surface area contributed by atoms with E-state index in [4.69, 9.17) is 9.84 Å². The fourth-order valence-corrected chi connectivity index (χ4v) is 1.53. The largest absolute Gasteiger partial charge is 0.479 e. The highest BCUT2D eigenvalue weighted by Gasteiger charge is 2.44. The van der Waals surface area contributed by atoms with Gasteiger partial charge in [0.1, 0.15) is 0 Å². The highest BCUT2D eigenvalue weighted by molar-refractivity contribution is 5.75. The highest BCUT2D eigenvalue weighted by Crippen LogP contribution is 2.26. The summed E-state index contributed by atoms with van der Waals surface area (Å²) in [6.45, 7) is 0. The monoisotopic (exact) mass is 192 g/mol. The van der Waals surface area contributed by atoms with Crippen molar-refractivity contribution in [2.75, 3.05) is 0 Å². The van der Waals surface area contributed by atoms with Crippen LogP contribution in [0.4, 0.5) is 0 Å². The Kier molecular flexibility index (Phi) is 2.50. The second-order valence-corrected chi connectivity index (χ2v) is 3.46. The van der Waals surface area contributed by atoms with Gasteiger partial charge >= 0.3 is 5.97 Å². The molecule has 1 fully saturated rings. The number of aryl methyl sites for hydroxylation is 1. The average molecular weight is 192 g/mol. The number of aliphatic carboxylic acids is 1. The van der Waals surface area contributed by atoms with Gasteiger partial charge in [-0.25, -0.2) is 4.79 Å². The number of epoxide rings is 1. The predicted molar refractivity (Wildman–Crippen MR) is 51.1 cm³/mol. The van der Waals surface area contributed by atoms with Crippen LogP contribution < -0.4 is 0 Å². The first kappa shape index (κ1) is 9.21. The van der Waals surface area contributed by atoms with E-state index in [0.29, 0.717) is 0 Å². The van der Waals surface area contributed by atoms with Gasteiger partial charge in [-0.2, -0.15) is 0 Å². The minimum Gasteiger partial charge on any atom is -0.479 e. The van der Waals surface area contributed by atoms with E-state index in [-0.39, 0.29) is 6.10 Å². The summed E-state index contributed by atoms with van der Waals surface area (Å²) in [5.74, 6) is -0.844. The predicted octanol–water partition coefficient (Wildman–Crippen LogP) is 1.47. The van der Waals surface area contributed by atoms with Crippen molar-refractivity contribution in [2.45, 2.75) is 25.0 Å². The van der Waals surface area contributed by atoms with Crippen molar-refractivity contribution in [3.05, 3.63) is 35.9 Å². The van der Waals surface area contributed by atoms with Gasteiger partial charge in [-0.15, -0.1) is 0 Å². The molecule has 2 rings (SSSR count). The van der Waals surface area contributed by atoms with Crippen LogP contribution in [0.2, 0.25) is 0 Å². The molecule has 1 aliphatic rings. The molecule has 1 aliphatic heterocycles. The van der Waals surface area contributed by atoms with Gasteiger partial charge in [0.05, 0.1) is 6.10 Å². The zero-order valence-corrected chi connectivity index (χ0v) is 7.72. The molecule has 0 aromatic heterocycles. The summed E-state index contributed by atoms with van der Waals surface area (Å²) in [6, 6.07) is 10.0. The van der Waals surface area contributed by atoms with Crippen LogP contribution in [0.25, 0.3) is 0 Å². The molecule has 2 atom stereocenters. The van der Waals surface area contributed by atoms with E-state index in [2.05, 4.69) is 0 Å². The summed E-state index contributed by atoms with van der Waals surface area (Å²) in [5, 5.41) is 8.60. The van der Waals surface area contributed by atoms with Crippen LogP contribution in [0.5, 0.6) is 0 Å². The number of hydrogen-bond donors (Lipinski definition) is 1. The molecule has 0 radical (unpaired) electrons. The number of carboxylic acid groups (broad SMARTS) is 1. The maximum absolute atomic E-state index is 10.5. The number of ether oxygens (including phenoxy) is 1. The van der Waals surface area contributed by atoms with Crippen LogP contribution >= 0.6 is 0 Å². The van der Waals surface area contributed by atoms with Gasteiger partial charge in [0.15, 0.2) is 6.10 Å². The molecule has 1 aromatic rings. The molecule has 0 aliphatic carbocycles. The van der Waals surface area contributed by atoms with Gasteiger partial charge in [0.25, 0.3) is 0 Å². The number of carbonyl (C=O) groups is 1. The van der Waals surface area contributed by atoms with E-state index in [1.807, 2.05) is 30.3 Å². The van der Waals surface area contributed by atoms with Gasteiger partial charge < -0.3 is 9.84 Å². The molecule has 1 saturated heterocycles. The van der Waals surface area contributed by atoms with E-state index in [0.717, 1.165) is 12.8 Å². The third kappa shape index (κ3) is 2.12. The van der Waals surface area contributed by atoms with Crippen LogP contribution in [0.1, 0.15) is 12.0 Å². The highest BCUT2D eigenvalue weighted by atomic mass is 16.6. The maximum atomic E-state index is 10.5. The third-order valence-corrected chi connectivity index (χ3v) is 2.39. The summed E-state index contributed by atoms with van der Waals surface area (Å²) in [5.41, 5.74) is 1.23. The summed E-state index contributed by atoms with van der Waals surface area (Å²) in [7, 11) is 0. The Hall–Kier alpha value is -1.35. The lowest BCUT2D eigenvalue weighted by atomic mass is 10.1. The normalized spacial score (nSPS) is 24.6. The van der Waals surface area contributed by atoms with Gasteiger partial charge in [-0.1, -0.05) is 30.3 Å². The Morgan fingerprint density at radius 2 is 2.07 bits per heavy atom. The lowest BCUT2D eigenvalue weighted by Crippen LogP contribution is -2.08. The second-order valence-electron chi connectivity index (χ2n) is 3.46. The van der Waals surface area contributed by atoms with Crippen molar-refractivity contribution < 1.29 is 14.6 Å². The van der Waals surface area contributed by atoms with Crippen LogP contribution in [0.3, 0.4) is 0 Å². The summed E-state index contributed by atoms with van der Waals surface area (Å²) >= 11 is 0. The Bertz CT molecular complexity index is 321. The first-order valence-electron chi connectivity index (χ1n) is 4.69.